The molecule has 2 aromatic carbocycles. The molecule has 20 heavy (non-hydrogen) atoms. The summed E-state index contributed by atoms with van der Waals surface area (Å²) in [5, 5.41) is 0.450. The van der Waals surface area contributed by atoms with E-state index in [0.717, 1.165) is 14.5 Å². The van der Waals surface area contributed by atoms with Gasteiger partial charge in [0.05, 0.1) is 10.6 Å². The zero-order valence-corrected chi connectivity index (χ0v) is 14.7. The SMILES string of the molecule is CN(Cc1cccc(Br)c1)C(=O)c1ccc(Br)cc1Cl. The van der Waals surface area contributed by atoms with Crippen molar-refractivity contribution in [3.8, 4) is 0 Å². The molecule has 0 atom stereocenters. The molecule has 0 spiro atoms. The Morgan fingerprint density at radius 1 is 1.15 bits per heavy atom. The van der Waals surface area contributed by atoms with Gasteiger partial charge in [0.25, 0.3) is 5.91 Å². The number of amides is 1. The summed E-state index contributed by atoms with van der Waals surface area (Å²) in [4.78, 5) is 14.0. The molecular weight excluding hydrogens is 405 g/mol. The van der Waals surface area contributed by atoms with E-state index >= 15 is 0 Å². The molecule has 104 valence electrons. The molecule has 0 unspecified atom stereocenters. The van der Waals surface area contributed by atoms with E-state index in [2.05, 4.69) is 31.9 Å². The number of nitrogens with zero attached hydrogens (tertiary/aromatic N) is 1. The standard InChI is InChI=1S/C15H12Br2ClNO/c1-19(9-10-3-2-4-11(16)7-10)15(20)13-6-5-12(17)8-14(13)18/h2-8H,9H2,1H3. The molecule has 0 fully saturated rings. The second-order valence-corrected chi connectivity index (χ2v) is 6.65. The van der Waals surface area contributed by atoms with Crippen molar-refractivity contribution in [3.63, 3.8) is 0 Å². The van der Waals surface area contributed by atoms with Crippen LogP contribution in [0.5, 0.6) is 0 Å². The van der Waals surface area contributed by atoms with Gasteiger partial charge in [0.15, 0.2) is 0 Å². The summed E-state index contributed by atoms with van der Waals surface area (Å²) in [5.41, 5.74) is 1.57. The van der Waals surface area contributed by atoms with Gasteiger partial charge in [0, 0.05) is 22.5 Å². The van der Waals surface area contributed by atoms with E-state index in [0.29, 0.717) is 17.1 Å². The highest BCUT2D eigenvalue weighted by Crippen LogP contribution is 2.23. The molecule has 5 heteroatoms. The van der Waals surface area contributed by atoms with E-state index in [-0.39, 0.29) is 5.91 Å². The lowest BCUT2D eigenvalue weighted by atomic mass is 10.1. The Morgan fingerprint density at radius 3 is 2.50 bits per heavy atom. The van der Waals surface area contributed by atoms with E-state index in [1.807, 2.05) is 30.3 Å². The van der Waals surface area contributed by atoms with Gasteiger partial charge in [-0.15, -0.1) is 0 Å². The molecule has 0 saturated heterocycles. The Morgan fingerprint density at radius 2 is 1.85 bits per heavy atom. The summed E-state index contributed by atoms with van der Waals surface area (Å²) >= 11 is 12.9. The number of hydrogen-bond donors (Lipinski definition) is 0. The summed E-state index contributed by atoms with van der Waals surface area (Å²) < 4.78 is 1.85. The normalized spacial score (nSPS) is 10.4. The molecule has 0 aliphatic heterocycles. The van der Waals surface area contributed by atoms with Gasteiger partial charge in [-0.1, -0.05) is 55.6 Å². The van der Waals surface area contributed by atoms with E-state index in [4.69, 9.17) is 11.6 Å². The first-order chi connectivity index (χ1) is 9.47. The van der Waals surface area contributed by atoms with Crippen LogP contribution >= 0.6 is 43.5 Å². The highest BCUT2D eigenvalue weighted by Gasteiger charge is 2.15. The Hall–Kier alpha value is -0.840. The van der Waals surface area contributed by atoms with Crippen LogP contribution in [0.2, 0.25) is 5.02 Å². The van der Waals surface area contributed by atoms with Gasteiger partial charge >= 0.3 is 0 Å². The third-order valence-electron chi connectivity index (χ3n) is 2.82. The quantitative estimate of drug-likeness (QED) is 0.677. The van der Waals surface area contributed by atoms with Crippen LogP contribution in [0.4, 0.5) is 0 Å². The molecule has 0 bridgehead atoms. The monoisotopic (exact) mass is 415 g/mol. The highest BCUT2D eigenvalue weighted by molar-refractivity contribution is 9.10. The van der Waals surface area contributed by atoms with Gasteiger partial charge < -0.3 is 4.90 Å². The molecule has 0 heterocycles. The first kappa shape index (κ1) is 15.5. The van der Waals surface area contributed by atoms with Crippen LogP contribution in [-0.4, -0.2) is 17.9 Å². The Balaban J connectivity index is 2.16. The van der Waals surface area contributed by atoms with Crippen molar-refractivity contribution in [2.24, 2.45) is 0 Å². The van der Waals surface area contributed by atoms with Gasteiger partial charge in [-0.25, -0.2) is 0 Å². The molecule has 0 radical (unpaired) electrons. The zero-order valence-electron chi connectivity index (χ0n) is 10.7. The molecule has 1 amide bonds. The minimum absolute atomic E-state index is 0.0949. The van der Waals surface area contributed by atoms with E-state index in [1.54, 1.807) is 24.1 Å². The first-order valence-corrected chi connectivity index (χ1v) is 7.89. The van der Waals surface area contributed by atoms with Crippen LogP contribution in [0.15, 0.2) is 51.4 Å². The van der Waals surface area contributed by atoms with Crippen molar-refractivity contribution in [3.05, 3.63) is 67.6 Å². The van der Waals surface area contributed by atoms with Crippen LogP contribution in [0, 0.1) is 0 Å². The van der Waals surface area contributed by atoms with Gasteiger partial charge in [-0.3, -0.25) is 4.79 Å². The lowest BCUT2D eigenvalue weighted by Gasteiger charge is -2.18. The van der Waals surface area contributed by atoms with Gasteiger partial charge in [-0.2, -0.15) is 0 Å². The Labute approximate surface area is 140 Å². The third kappa shape index (κ3) is 3.84. The minimum atomic E-state index is -0.0949. The summed E-state index contributed by atoms with van der Waals surface area (Å²) in [6.45, 7) is 0.532. The predicted molar refractivity (Wildman–Crippen MR) is 89.1 cm³/mol. The number of carbonyl (C=O) groups is 1. The molecule has 0 aliphatic rings. The fraction of sp³-hybridized carbons (Fsp3) is 0.133. The van der Waals surface area contributed by atoms with Gasteiger partial charge in [0.2, 0.25) is 0 Å². The fourth-order valence-corrected chi connectivity index (χ4v) is 3.05. The summed E-state index contributed by atoms with van der Waals surface area (Å²) in [7, 11) is 1.77. The van der Waals surface area contributed by atoms with Crippen molar-refractivity contribution in [1.82, 2.24) is 4.90 Å². The van der Waals surface area contributed by atoms with E-state index in [9.17, 15) is 4.79 Å². The number of hydrogen-bond acceptors (Lipinski definition) is 1. The number of halogens is 3. The lowest BCUT2D eigenvalue weighted by Crippen LogP contribution is -2.26. The number of rotatable bonds is 3. The fourth-order valence-electron chi connectivity index (χ4n) is 1.85. The molecule has 0 saturated carbocycles. The summed E-state index contributed by atoms with van der Waals surface area (Å²) in [5.74, 6) is -0.0949. The maximum atomic E-state index is 12.4. The van der Waals surface area contributed by atoms with Crippen LogP contribution in [-0.2, 0) is 6.54 Å². The average molecular weight is 418 g/mol. The maximum absolute atomic E-state index is 12.4. The molecule has 0 aromatic heterocycles. The molecule has 2 nitrogen and oxygen atoms in total. The summed E-state index contributed by atoms with van der Waals surface area (Å²) in [6.07, 6.45) is 0. The Kier molecular flexibility index (Phi) is 5.24. The number of benzene rings is 2. The third-order valence-corrected chi connectivity index (χ3v) is 4.12. The van der Waals surface area contributed by atoms with Crippen molar-refractivity contribution >= 4 is 49.4 Å². The largest absolute Gasteiger partial charge is 0.337 e. The average Bonchev–Trinajstić information content (AvgIpc) is 2.38. The van der Waals surface area contributed by atoms with Crippen LogP contribution in [0.3, 0.4) is 0 Å². The smallest absolute Gasteiger partial charge is 0.255 e. The van der Waals surface area contributed by atoms with Gasteiger partial charge in [0.1, 0.15) is 0 Å². The molecule has 2 rings (SSSR count). The molecule has 2 aromatic rings. The van der Waals surface area contributed by atoms with Crippen LogP contribution in [0.25, 0.3) is 0 Å². The van der Waals surface area contributed by atoms with Crippen LogP contribution in [0.1, 0.15) is 15.9 Å². The van der Waals surface area contributed by atoms with Crippen molar-refractivity contribution in [2.75, 3.05) is 7.05 Å². The van der Waals surface area contributed by atoms with Crippen LogP contribution < -0.4 is 0 Å². The lowest BCUT2D eigenvalue weighted by molar-refractivity contribution is 0.0785. The van der Waals surface area contributed by atoms with Crippen molar-refractivity contribution < 1.29 is 4.79 Å². The second kappa shape index (κ2) is 6.74. The Bertz CT molecular complexity index is 646. The molecule has 0 aliphatic carbocycles. The van der Waals surface area contributed by atoms with Gasteiger partial charge in [-0.05, 0) is 35.9 Å². The topological polar surface area (TPSA) is 20.3 Å². The number of carbonyl (C=O) groups excluding carboxylic acids is 1. The molecular formula is C15H12Br2ClNO. The highest BCUT2D eigenvalue weighted by atomic mass is 79.9. The first-order valence-electron chi connectivity index (χ1n) is 5.92. The second-order valence-electron chi connectivity index (χ2n) is 4.42. The maximum Gasteiger partial charge on any atom is 0.255 e. The van der Waals surface area contributed by atoms with E-state index < -0.39 is 0 Å². The van der Waals surface area contributed by atoms with Crippen molar-refractivity contribution in [1.29, 1.82) is 0 Å². The summed E-state index contributed by atoms with van der Waals surface area (Å²) in [6, 6.07) is 13.1. The minimum Gasteiger partial charge on any atom is -0.337 e. The molecule has 0 N–H and O–H groups in total. The predicted octanol–water partition coefficient (Wildman–Crippen LogP) is 5.14. The zero-order chi connectivity index (χ0) is 14.7. The van der Waals surface area contributed by atoms with E-state index in [1.165, 1.54) is 0 Å². The van der Waals surface area contributed by atoms with Crippen molar-refractivity contribution in [2.45, 2.75) is 6.54 Å².